The third-order valence-electron chi connectivity index (χ3n) is 2.53. The number of hydrogen-bond acceptors (Lipinski definition) is 1. The van der Waals surface area contributed by atoms with E-state index in [9.17, 15) is 13.6 Å². The molecule has 0 radical (unpaired) electrons. The highest BCUT2D eigenvalue weighted by Gasteiger charge is 2.38. The van der Waals surface area contributed by atoms with Crippen LogP contribution < -0.4 is 0 Å². The average Bonchev–Trinajstić information content (AvgIpc) is 2.12. The van der Waals surface area contributed by atoms with E-state index in [2.05, 4.69) is 11.8 Å². The van der Waals surface area contributed by atoms with Crippen LogP contribution in [0.2, 0.25) is 0 Å². The fourth-order valence-corrected chi connectivity index (χ4v) is 1.77. The van der Waals surface area contributed by atoms with Gasteiger partial charge in [-0.15, -0.1) is 5.92 Å². The standard InChI is InChI=1S/C11H14F2O/c1-2-3-6-10(14)9-5-4-7-11(12,13)8-9/h9H,4-8H2,1H3. The topological polar surface area (TPSA) is 17.1 Å². The summed E-state index contributed by atoms with van der Waals surface area (Å²) in [6.07, 6.45) is 0.813. The van der Waals surface area contributed by atoms with Crippen molar-refractivity contribution in [3.8, 4) is 11.8 Å². The molecular weight excluding hydrogens is 186 g/mol. The van der Waals surface area contributed by atoms with Gasteiger partial charge in [0.1, 0.15) is 5.78 Å². The Hall–Kier alpha value is -0.910. The molecular formula is C11H14F2O. The van der Waals surface area contributed by atoms with Crippen molar-refractivity contribution >= 4 is 5.78 Å². The summed E-state index contributed by atoms with van der Waals surface area (Å²) < 4.78 is 25.9. The van der Waals surface area contributed by atoms with Gasteiger partial charge in [-0.1, -0.05) is 5.92 Å². The highest BCUT2D eigenvalue weighted by Crippen LogP contribution is 2.37. The maximum Gasteiger partial charge on any atom is 0.248 e. The normalized spacial score (nSPS) is 24.9. The summed E-state index contributed by atoms with van der Waals surface area (Å²) in [4.78, 5) is 11.4. The second-order valence-corrected chi connectivity index (χ2v) is 3.72. The monoisotopic (exact) mass is 200 g/mol. The lowest BCUT2D eigenvalue weighted by molar-refractivity contribution is -0.129. The minimum Gasteiger partial charge on any atom is -0.298 e. The summed E-state index contributed by atoms with van der Waals surface area (Å²) in [5.74, 6) is 1.99. The minimum absolute atomic E-state index is 0.0732. The maximum atomic E-state index is 12.9. The molecule has 0 aromatic rings. The van der Waals surface area contributed by atoms with Crippen molar-refractivity contribution in [3.63, 3.8) is 0 Å². The molecule has 0 N–H and O–H groups in total. The van der Waals surface area contributed by atoms with Gasteiger partial charge in [-0.3, -0.25) is 4.79 Å². The van der Waals surface area contributed by atoms with E-state index in [0.717, 1.165) is 0 Å². The van der Waals surface area contributed by atoms with Crippen LogP contribution in [0, 0.1) is 17.8 Å². The first kappa shape index (κ1) is 11.2. The van der Waals surface area contributed by atoms with Gasteiger partial charge in [0.05, 0.1) is 6.42 Å². The molecule has 0 bridgehead atoms. The molecule has 0 amide bonds. The van der Waals surface area contributed by atoms with Gasteiger partial charge in [0, 0.05) is 18.8 Å². The number of hydrogen-bond donors (Lipinski definition) is 0. The van der Waals surface area contributed by atoms with E-state index in [-0.39, 0.29) is 25.0 Å². The molecule has 1 aliphatic rings. The Morgan fingerprint density at radius 2 is 2.29 bits per heavy atom. The van der Waals surface area contributed by atoms with Gasteiger partial charge in [-0.25, -0.2) is 8.78 Å². The van der Waals surface area contributed by atoms with Crippen LogP contribution in [0.5, 0.6) is 0 Å². The number of halogens is 2. The molecule has 1 rings (SSSR count). The summed E-state index contributed by atoms with van der Waals surface area (Å²) in [6, 6.07) is 0. The Balaban J connectivity index is 2.50. The zero-order valence-corrected chi connectivity index (χ0v) is 8.28. The van der Waals surface area contributed by atoms with Crippen LogP contribution in [0.4, 0.5) is 8.78 Å². The molecule has 0 aromatic carbocycles. The van der Waals surface area contributed by atoms with Gasteiger partial charge in [0.15, 0.2) is 0 Å². The smallest absolute Gasteiger partial charge is 0.248 e. The molecule has 0 heterocycles. The largest absolute Gasteiger partial charge is 0.298 e. The second-order valence-electron chi connectivity index (χ2n) is 3.72. The molecule has 14 heavy (non-hydrogen) atoms. The van der Waals surface area contributed by atoms with Crippen molar-refractivity contribution in [3.05, 3.63) is 0 Å². The van der Waals surface area contributed by atoms with Crippen LogP contribution in [0.25, 0.3) is 0 Å². The first-order chi connectivity index (χ1) is 6.55. The van der Waals surface area contributed by atoms with Crippen LogP contribution in [0.15, 0.2) is 0 Å². The van der Waals surface area contributed by atoms with Crippen molar-refractivity contribution in [2.45, 2.75) is 45.0 Å². The Bertz CT molecular complexity index is 273. The Kier molecular flexibility index (Phi) is 3.62. The highest BCUT2D eigenvalue weighted by molar-refractivity contribution is 5.83. The van der Waals surface area contributed by atoms with Crippen LogP contribution in [0.3, 0.4) is 0 Å². The van der Waals surface area contributed by atoms with Crippen LogP contribution in [-0.2, 0) is 4.79 Å². The summed E-state index contributed by atoms with van der Waals surface area (Å²) in [5.41, 5.74) is 0. The molecule has 1 saturated carbocycles. The van der Waals surface area contributed by atoms with E-state index < -0.39 is 11.8 Å². The van der Waals surface area contributed by atoms with Crippen LogP contribution >= 0.6 is 0 Å². The van der Waals surface area contributed by atoms with Gasteiger partial charge >= 0.3 is 0 Å². The molecule has 1 nitrogen and oxygen atoms in total. The Labute approximate surface area is 82.9 Å². The van der Waals surface area contributed by atoms with Crippen molar-refractivity contribution in [2.24, 2.45) is 5.92 Å². The molecule has 78 valence electrons. The van der Waals surface area contributed by atoms with Gasteiger partial charge in [-0.05, 0) is 19.8 Å². The van der Waals surface area contributed by atoms with E-state index in [1.165, 1.54) is 0 Å². The highest BCUT2D eigenvalue weighted by atomic mass is 19.3. The molecule has 0 spiro atoms. The first-order valence-electron chi connectivity index (χ1n) is 4.85. The van der Waals surface area contributed by atoms with E-state index in [1.807, 2.05) is 0 Å². The van der Waals surface area contributed by atoms with Gasteiger partial charge < -0.3 is 0 Å². The SMILES string of the molecule is CC#CCC(=O)C1CCCC(F)(F)C1. The zero-order chi connectivity index (χ0) is 10.6. The summed E-state index contributed by atoms with van der Waals surface area (Å²) in [7, 11) is 0. The lowest BCUT2D eigenvalue weighted by atomic mass is 9.83. The number of alkyl halides is 2. The molecule has 1 atom stereocenters. The van der Waals surface area contributed by atoms with Crippen LogP contribution in [0.1, 0.15) is 39.0 Å². The molecule has 1 unspecified atom stereocenters. The van der Waals surface area contributed by atoms with E-state index in [0.29, 0.717) is 12.8 Å². The fourth-order valence-electron chi connectivity index (χ4n) is 1.77. The number of ketones is 1. The molecule has 0 saturated heterocycles. The van der Waals surface area contributed by atoms with Gasteiger partial charge in [0.25, 0.3) is 0 Å². The Morgan fingerprint density at radius 3 is 2.86 bits per heavy atom. The molecule has 1 aliphatic carbocycles. The second kappa shape index (κ2) is 4.54. The third-order valence-corrected chi connectivity index (χ3v) is 2.53. The molecule has 1 fully saturated rings. The lowest BCUT2D eigenvalue weighted by Crippen LogP contribution is -2.30. The first-order valence-corrected chi connectivity index (χ1v) is 4.85. The van der Waals surface area contributed by atoms with E-state index in [4.69, 9.17) is 0 Å². The van der Waals surface area contributed by atoms with Crippen molar-refractivity contribution < 1.29 is 13.6 Å². The minimum atomic E-state index is -2.64. The molecule has 0 aromatic heterocycles. The van der Waals surface area contributed by atoms with E-state index in [1.54, 1.807) is 6.92 Å². The quantitative estimate of drug-likeness (QED) is 0.626. The third kappa shape index (κ3) is 3.10. The molecule has 3 heteroatoms. The predicted molar refractivity (Wildman–Crippen MR) is 50.0 cm³/mol. The van der Waals surface area contributed by atoms with Crippen molar-refractivity contribution in [1.29, 1.82) is 0 Å². The number of carbonyl (C=O) groups is 1. The molecule has 0 aliphatic heterocycles. The summed E-state index contributed by atoms with van der Waals surface area (Å²) >= 11 is 0. The maximum absolute atomic E-state index is 12.9. The zero-order valence-electron chi connectivity index (χ0n) is 8.28. The summed E-state index contributed by atoms with van der Waals surface area (Å²) in [5, 5.41) is 0. The Morgan fingerprint density at radius 1 is 1.57 bits per heavy atom. The fraction of sp³-hybridized carbons (Fsp3) is 0.727. The van der Waals surface area contributed by atoms with Crippen molar-refractivity contribution in [1.82, 2.24) is 0 Å². The van der Waals surface area contributed by atoms with Crippen molar-refractivity contribution in [2.75, 3.05) is 0 Å². The van der Waals surface area contributed by atoms with Gasteiger partial charge in [0.2, 0.25) is 5.92 Å². The van der Waals surface area contributed by atoms with E-state index >= 15 is 0 Å². The number of rotatable bonds is 2. The van der Waals surface area contributed by atoms with Gasteiger partial charge in [-0.2, -0.15) is 0 Å². The van der Waals surface area contributed by atoms with Crippen LogP contribution in [-0.4, -0.2) is 11.7 Å². The predicted octanol–water partition coefficient (Wildman–Crippen LogP) is 2.79. The number of carbonyl (C=O) groups excluding carboxylic acids is 1. The summed E-state index contributed by atoms with van der Waals surface area (Å²) in [6.45, 7) is 1.64. The average molecular weight is 200 g/mol. The number of Topliss-reactive ketones (excluding diaryl/α,β-unsaturated/α-hetero) is 1. The lowest BCUT2D eigenvalue weighted by Gasteiger charge is -2.27.